The molecule has 0 bridgehead atoms. The molecule has 2 aliphatic heterocycles. The smallest absolute Gasteiger partial charge is 0.226 e. The third-order valence-electron chi connectivity index (χ3n) is 5.94. The van der Waals surface area contributed by atoms with Crippen LogP contribution in [-0.2, 0) is 20.8 Å². The van der Waals surface area contributed by atoms with Crippen LogP contribution in [0.2, 0.25) is 0 Å². The zero-order valence-corrected chi connectivity index (χ0v) is 18.2. The van der Waals surface area contributed by atoms with E-state index in [1.807, 2.05) is 49.9 Å². The lowest BCUT2D eigenvalue weighted by Crippen LogP contribution is -2.48. The predicted molar refractivity (Wildman–Crippen MR) is 114 cm³/mol. The number of nitrogens with one attached hydrogen (secondary N) is 1. The fourth-order valence-corrected chi connectivity index (χ4v) is 4.16. The summed E-state index contributed by atoms with van der Waals surface area (Å²) in [7, 11) is 0. The minimum Gasteiger partial charge on any atom is -0.494 e. The van der Waals surface area contributed by atoms with Crippen molar-refractivity contribution in [2.24, 2.45) is 5.92 Å². The number of hydrogen-bond donors (Lipinski definition) is 1. The zero-order valence-electron chi connectivity index (χ0n) is 18.2. The van der Waals surface area contributed by atoms with Crippen LogP contribution in [-0.4, -0.2) is 65.8 Å². The molecule has 1 unspecified atom stereocenters. The fourth-order valence-electron chi connectivity index (χ4n) is 4.16. The minimum atomic E-state index is -0.265. The van der Waals surface area contributed by atoms with Gasteiger partial charge in [0.15, 0.2) is 0 Å². The summed E-state index contributed by atoms with van der Waals surface area (Å²) in [4.78, 5) is 40.9. The molecule has 0 aromatic heterocycles. The first-order valence-electron chi connectivity index (χ1n) is 11.0. The molecule has 1 aromatic carbocycles. The first-order chi connectivity index (χ1) is 14.4. The topological polar surface area (TPSA) is 79.0 Å². The van der Waals surface area contributed by atoms with Gasteiger partial charge in [0.25, 0.3) is 0 Å². The molecule has 3 rings (SSSR count). The molecular weight excluding hydrogens is 382 g/mol. The number of carbonyl (C=O) groups is 3. The van der Waals surface area contributed by atoms with E-state index in [9.17, 15) is 14.4 Å². The SMILES string of the molecule is CCOc1ccc(CC(=O)N2CCC(NC(=O)C3CC(=O)N(C(C)C)C3)CC2)cc1. The van der Waals surface area contributed by atoms with E-state index in [0.29, 0.717) is 39.1 Å². The summed E-state index contributed by atoms with van der Waals surface area (Å²) in [6.45, 7) is 8.29. The molecule has 0 saturated carbocycles. The maximum absolute atomic E-state index is 12.6. The van der Waals surface area contributed by atoms with Crippen LogP contribution in [0.15, 0.2) is 24.3 Å². The van der Waals surface area contributed by atoms with Crippen LogP contribution in [0.5, 0.6) is 5.75 Å². The molecule has 7 nitrogen and oxygen atoms in total. The van der Waals surface area contributed by atoms with Gasteiger partial charge >= 0.3 is 0 Å². The van der Waals surface area contributed by atoms with Crippen molar-refractivity contribution in [2.75, 3.05) is 26.2 Å². The summed E-state index contributed by atoms with van der Waals surface area (Å²) in [5.41, 5.74) is 0.972. The molecule has 1 aromatic rings. The van der Waals surface area contributed by atoms with Crippen LogP contribution in [0, 0.1) is 5.92 Å². The normalized spacial score (nSPS) is 20.0. The Bertz CT molecular complexity index is 754. The van der Waals surface area contributed by atoms with Gasteiger partial charge in [0.1, 0.15) is 5.75 Å². The molecule has 2 saturated heterocycles. The van der Waals surface area contributed by atoms with Crippen LogP contribution < -0.4 is 10.1 Å². The van der Waals surface area contributed by atoms with E-state index in [0.717, 1.165) is 24.2 Å². The van der Waals surface area contributed by atoms with E-state index in [1.54, 1.807) is 4.90 Å². The number of rotatable bonds is 7. The first-order valence-corrected chi connectivity index (χ1v) is 11.0. The molecular formula is C23H33N3O4. The lowest BCUT2D eigenvalue weighted by molar-refractivity contribution is -0.132. The predicted octanol–water partition coefficient (Wildman–Crippen LogP) is 1.99. The van der Waals surface area contributed by atoms with E-state index < -0.39 is 0 Å². The van der Waals surface area contributed by atoms with Gasteiger partial charge in [-0.2, -0.15) is 0 Å². The van der Waals surface area contributed by atoms with E-state index in [2.05, 4.69) is 5.32 Å². The van der Waals surface area contributed by atoms with Crippen molar-refractivity contribution in [2.45, 2.75) is 58.5 Å². The lowest BCUT2D eigenvalue weighted by Gasteiger charge is -2.33. The molecule has 1 atom stereocenters. The zero-order chi connectivity index (χ0) is 21.7. The Hall–Kier alpha value is -2.57. The van der Waals surface area contributed by atoms with Crippen molar-refractivity contribution in [3.63, 3.8) is 0 Å². The summed E-state index contributed by atoms with van der Waals surface area (Å²) in [5.74, 6) is 0.674. The number of piperidine rings is 1. The number of nitrogens with zero attached hydrogens (tertiary/aromatic N) is 2. The number of benzene rings is 1. The first kappa shape index (κ1) is 22.1. The van der Waals surface area contributed by atoms with Crippen molar-refractivity contribution >= 4 is 17.7 Å². The number of ether oxygens (including phenoxy) is 1. The van der Waals surface area contributed by atoms with Crippen LogP contribution in [0.4, 0.5) is 0 Å². The lowest BCUT2D eigenvalue weighted by atomic mass is 10.0. The Morgan fingerprint density at radius 1 is 1.17 bits per heavy atom. The highest BCUT2D eigenvalue weighted by Crippen LogP contribution is 2.21. The minimum absolute atomic E-state index is 0.0364. The molecule has 0 spiro atoms. The van der Waals surface area contributed by atoms with Gasteiger partial charge in [0.2, 0.25) is 17.7 Å². The molecule has 7 heteroatoms. The van der Waals surface area contributed by atoms with Gasteiger partial charge in [-0.1, -0.05) is 12.1 Å². The Kier molecular flexibility index (Phi) is 7.34. The highest BCUT2D eigenvalue weighted by atomic mass is 16.5. The third kappa shape index (κ3) is 5.52. The molecule has 164 valence electrons. The number of likely N-dealkylation sites (tertiary alicyclic amines) is 2. The van der Waals surface area contributed by atoms with E-state index in [1.165, 1.54) is 0 Å². The average molecular weight is 416 g/mol. The number of amides is 3. The summed E-state index contributed by atoms with van der Waals surface area (Å²) < 4.78 is 5.43. The molecule has 2 fully saturated rings. The van der Waals surface area contributed by atoms with Crippen molar-refractivity contribution in [1.29, 1.82) is 0 Å². The molecule has 0 aliphatic carbocycles. The van der Waals surface area contributed by atoms with Gasteiger partial charge in [-0.3, -0.25) is 14.4 Å². The largest absolute Gasteiger partial charge is 0.494 e. The Labute approximate surface area is 178 Å². The van der Waals surface area contributed by atoms with Crippen molar-refractivity contribution in [1.82, 2.24) is 15.1 Å². The second-order valence-corrected chi connectivity index (χ2v) is 8.46. The quantitative estimate of drug-likeness (QED) is 0.739. The molecule has 1 N–H and O–H groups in total. The van der Waals surface area contributed by atoms with E-state index >= 15 is 0 Å². The molecule has 3 amide bonds. The summed E-state index contributed by atoms with van der Waals surface area (Å²) in [6.07, 6.45) is 2.16. The number of carbonyl (C=O) groups excluding carboxylic acids is 3. The van der Waals surface area contributed by atoms with Gasteiger partial charge in [-0.15, -0.1) is 0 Å². The van der Waals surface area contributed by atoms with Crippen LogP contribution in [0.1, 0.15) is 45.6 Å². The monoisotopic (exact) mass is 415 g/mol. The standard InChI is InChI=1S/C23H33N3O4/c1-4-30-20-7-5-17(6-8-20)13-21(27)25-11-9-19(10-12-25)24-23(29)18-14-22(28)26(15-18)16(2)3/h5-8,16,18-19H,4,9-15H2,1-3H3,(H,24,29). The molecule has 2 heterocycles. The summed E-state index contributed by atoms with van der Waals surface area (Å²) >= 11 is 0. The van der Waals surface area contributed by atoms with Gasteiger partial charge in [-0.25, -0.2) is 0 Å². The highest BCUT2D eigenvalue weighted by Gasteiger charge is 2.36. The van der Waals surface area contributed by atoms with Gasteiger partial charge in [0.05, 0.1) is 18.9 Å². The molecule has 0 radical (unpaired) electrons. The average Bonchev–Trinajstić information content (AvgIpc) is 3.12. The fraction of sp³-hybridized carbons (Fsp3) is 0.609. The van der Waals surface area contributed by atoms with Gasteiger partial charge in [-0.05, 0) is 51.3 Å². The second-order valence-electron chi connectivity index (χ2n) is 8.46. The van der Waals surface area contributed by atoms with Crippen molar-refractivity contribution in [3.05, 3.63) is 29.8 Å². The Morgan fingerprint density at radius 2 is 1.83 bits per heavy atom. The maximum atomic E-state index is 12.6. The van der Waals surface area contributed by atoms with Crippen molar-refractivity contribution in [3.8, 4) is 5.75 Å². The summed E-state index contributed by atoms with van der Waals surface area (Å²) in [5, 5.41) is 3.10. The maximum Gasteiger partial charge on any atom is 0.226 e. The van der Waals surface area contributed by atoms with Gasteiger partial charge < -0.3 is 19.9 Å². The van der Waals surface area contributed by atoms with E-state index in [4.69, 9.17) is 4.74 Å². The van der Waals surface area contributed by atoms with Gasteiger partial charge in [0, 0.05) is 38.1 Å². The Balaban J connectivity index is 1.42. The second kappa shape index (κ2) is 9.96. The summed E-state index contributed by atoms with van der Waals surface area (Å²) in [6, 6.07) is 7.83. The Morgan fingerprint density at radius 3 is 2.40 bits per heavy atom. The molecule has 30 heavy (non-hydrogen) atoms. The van der Waals surface area contributed by atoms with Crippen molar-refractivity contribution < 1.29 is 19.1 Å². The van der Waals surface area contributed by atoms with Crippen LogP contribution in [0.3, 0.4) is 0 Å². The molecule has 2 aliphatic rings. The van der Waals surface area contributed by atoms with Crippen LogP contribution >= 0.6 is 0 Å². The van der Waals surface area contributed by atoms with E-state index in [-0.39, 0.29) is 35.7 Å². The third-order valence-corrected chi connectivity index (χ3v) is 5.94. The number of hydrogen-bond acceptors (Lipinski definition) is 4. The van der Waals surface area contributed by atoms with Crippen LogP contribution in [0.25, 0.3) is 0 Å². The highest BCUT2D eigenvalue weighted by molar-refractivity contribution is 5.89.